The Morgan fingerprint density at radius 1 is 1.35 bits per heavy atom. The van der Waals surface area contributed by atoms with Gasteiger partial charge < -0.3 is 0 Å². The molecule has 0 radical (unpaired) electrons. The summed E-state index contributed by atoms with van der Waals surface area (Å²) in [5.41, 5.74) is 3.06. The number of aryl methyl sites for hydroxylation is 1. The molecule has 1 heterocycles. The average Bonchev–Trinajstić information content (AvgIpc) is 2.85. The number of nitrogens with zero attached hydrogens (tertiary/aromatic N) is 2. The van der Waals surface area contributed by atoms with E-state index in [-0.39, 0.29) is 16.5 Å². The second kappa shape index (κ2) is 6.22. The molecule has 1 aliphatic rings. The summed E-state index contributed by atoms with van der Waals surface area (Å²) >= 11 is 5.65. The van der Waals surface area contributed by atoms with E-state index in [0.717, 1.165) is 49.1 Å². The minimum Gasteiger partial charge on any atom is -0.272 e. The number of halogens is 2. The van der Waals surface area contributed by atoms with E-state index in [1.165, 1.54) is 11.8 Å². The Hall–Kier alpha value is -1.44. The first kappa shape index (κ1) is 16.4. The summed E-state index contributed by atoms with van der Waals surface area (Å²) in [4.78, 5) is -0.0614. The monoisotopic (exact) mass is 357 g/mol. The number of hydrogen-bond acceptors (Lipinski definition) is 3. The lowest BCUT2D eigenvalue weighted by Crippen LogP contribution is -2.24. The Bertz CT molecular complexity index is 849. The second-order valence-corrected chi connectivity index (χ2v) is 7.78. The normalized spacial score (nSPS) is 14.7. The van der Waals surface area contributed by atoms with Crippen molar-refractivity contribution >= 4 is 21.6 Å². The maximum Gasteiger partial charge on any atom is 0.240 e. The minimum atomic E-state index is -3.77. The fourth-order valence-corrected chi connectivity index (χ4v) is 4.15. The lowest BCUT2D eigenvalue weighted by atomic mass is 9.96. The molecule has 8 heteroatoms. The Balaban J connectivity index is 1.81. The molecule has 0 bridgehead atoms. The van der Waals surface area contributed by atoms with Gasteiger partial charge in [-0.25, -0.2) is 17.5 Å². The third-order valence-corrected chi connectivity index (χ3v) is 5.77. The molecular weight excluding hydrogens is 341 g/mol. The van der Waals surface area contributed by atoms with Gasteiger partial charge in [0.15, 0.2) is 0 Å². The molecular formula is C15H17ClFN3O2S. The van der Waals surface area contributed by atoms with E-state index < -0.39 is 15.8 Å². The molecule has 1 aromatic heterocycles. The Labute approximate surface area is 139 Å². The van der Waals surface area contributed by atoms with E-state index in [0.29, 0.717) is 0 Å². The van der Waals surface area contributed by atoms with E-state index >= 15 is 0 Å². The standard InChI is InChI=1S/C15H17ClFN3O2S/c1-20-15-5-3-2-4-11(15)14(19-20)9-18-23(21,22)10-6-7-13(17)12(16)8-10/h6-8,18H,2-5,9H2,1H3. The van der Waals surface area contributed by atoms with Crippen molar-refractivity contribution in [1.29, 1.82) is 0 Å². The molecule has 2 aromatic rings. The van der Waals surface area contributed by atoms with Crippen LogP contribution in [0.1, 0.15) is 29.8 Å². The van der Waals surface area contributed by atoms with E-state index in [1.54, 1.807) is 0 Å². The lowest BCUT2D eigenvalue weighted by Gasteiger charge is -2.13. The number of fused-ring (bicyclic) bond motifs is 1. The van der Waals surface area contributed by atoms with Crippen molar-refractivity contribution in [2.24, 2.45) is 7.05 Å². The van der Waals surface area contributed by atoms with Crippen molar-refractivity contribution in [2.45, 2.75) is 37.1 Å². The number of rotatable bonds is 4. The highest BCUT2D eigenvalue weighted by atomic mass is 35.5. The number of aromatic nitrogens is 2. The summed E-state index contributed by atoms with van der Waals surface area (Å²) in [6, 6.07) is 3.34. The van der Waals surface area contributed by atoms with Gasteiger partial charge in [-0.05, 0) is 49.4 Å². The second-order valence-electron chi connectivity index (χ2n) is 5.60. The highest BCUT2D eigenvalue weighted by molar-refractivity contribution is 7.89. The molecule has 0 amide bonds. The first-order valence-electron chi connectivity index (χ1n) is 7.37. The molecule has 1 aliphatic carbocycles. The predicted octanol–water partition coefficient (Wildman–Crippen LogP) is 2.57. The molecule has 124 valence electrons. The quantitative estimate of drug-likeness (QED) is 0.914. The highest BCUT2D eigenvalue weighted by Crippen LogP contribution is 2.24. The Morgan fingerprint density at radius 2 is 2.09 bits per heavy atom. The van der Waals surface area contributed by atoms with Crippen molar-refractivity contribution in [1.82, 2.24) is 14.5 Å². The van der Waals surface area contributed by atoms with Crippen LogP contribution in [-0.2, 0) is 36.5 Å². The van der Waals surface area contributed by atoms with Crippen molar-refractivity contribution in [3.8, 4) is 0 Å². The van der Waals surface area contributed by atoms with Crippen LogP contribution in [0.5, 0.6) is 0 Å². The zero-order chi connectivity index (χ0) is 16.6. The maximum absolute atomic E-state index is 13.2. The molecule has 0 unspecified atom stereocenters. The summed E-state index contributed by atoms with van der Waals surface area (Å²) in [5.74, 6) is -0.649. The van der Waals surface area contributed by atoms with Gasteiger partial charge in [0.25, 0.3) is 0 Å². The molecule has 0 aliphatic heterocycles. The first-order valence-corrected chi connectivity index (χ1v) is 9.23. The third kappa shape index (κ3) is 3.27. The van der Waals surface area contributed by atoms with E-state index in [2.05, 4.69) is 9.82 Å². The Morgan fingerprint density at radius 3 is 2.83 bits per heavy atom. The molecule has 0 spiro atoms. The van der Waals surface area contributed by atoms with Gasteiger partial charge in [0, 0.05) is 12.7 Å². The van der Waals surface area contributed by atoms with Gasteiger partial charge in [0.2, 0.25) is 10.0 Å². The molecule has 0 saturated heterocycles. The smallest absolute Gasteiger partial charge is 0.240 e. The molecule has 0 fully saturated rings. The van der Waals surface area contributed by atoms with Crippen LogP contribution in [0.15, 0.2) is 23.1 Å². The molecule has 0 atom stereocenters. The van der Waals surface area contributed by atoms with Crippen LogP contribution < -0.4 is 4.72 Å². The van der Waals surface area contributed by atoms with Gasteiger partial charge in [-0.2, -0.15) is 5.10 Å². The molecule has 23 heavy (non-hydrogen) atoms. The van der Waals surface area contributed by atoms with Gasteiger partial charge in [-0.3, -0.25) is 4.68 Å². The number of sulfonamides is 1. The molecule has 1 aromatic carbocycles. The van der Waals surface area contributed by atoms with E-state index in [9.17, 15) is 12.8 Å². The van der Waals surface area contributed by atoms with Crippen LogP contribution in [0, 0.1) is 5.82 Å². The predicted molar refractivity (Wildman–Crippen MR) is 85.3 cm³/mol. The van der Waals surface area contributed by atoms with Gasteiger partial charge in [-0.15, -0.1) is 0 Å². The topological polar surface area (TPSA) is 64.0 Å². The fraction of sp³-hybridized carbons (Fsp3) is 0.400. The van der Waals surface area contributed by atoms with Gasteiger partial charge in [-0.1, -0.05) is 11.6 Å². The summed E-state index contributed by atoms with van der Waals surface area (Å²) in [6.45, 7) is 0.112. The molecule has 0 saturated carbocycles. The van der Waals surface area contributed by atoms with Crippen molar-refractivity contribution in [3.63, 3.8) is 0 Å². The van der Waals surface area contributed by atoms with Crippen LogP contribution >= 0.6 is 11.6 Å². The van der Waals surface area contributed by atoms with Crippen LogP contribution in [0.25, 0.3) is 0 Å². The van der Waals surface area contributed by atoms with E-state index in [1.807, 2.05) is 11.7 Å². The average molecular weight is 358 g/mol. The summed E-state index contributed by atoms with van der Waals surface area (Å²) < 4.78 is 42.1. The van der Waals surface area contributed by atoms with Crippen molar-refractivity contribution in [2.75, 3.05) is 0 Å². The van der Waals surface area contributed by atoms with Crippen LogP contribution in [0.4, 0.5) is 4.39 Å². The van der Waals surface area contributed by atoms with Crippen molar-refractivity contribution < 1.29 is 12.8 Å². The SMILES string of the molecule is Cn1nc(CNS(=O)(=O)c2ccc(F)c(Cl)c2)c2c1CCCC2. The van der Waals surface area contributed by atoms with Crippen LogP contribution in [0.2, 0.25) is 5.02 Å². The minimum absolute atomic E-state index is 0.0614. The van der Waals surface area contributed by atoms with Gasteiger partial charge in [0.05, 0.1) is 22.2 Å². The maximum atomic E-state index is 13.2. The van der Waals surface area contributed by atoms with E-state index in [4.69, 9.17) is 11.6 Å². The lowest BCUT2D eigenvalue weighted by molar-refractivity contribution is 0.578. The summed E-state index contributed by atoms with van der Waals surface area (Å²) in [6.07, 6.45) is 4.11. The number of benzene rings is 1. The third-order valence-electron chi connectivity index (χ3n) is 4.08. The molecule has 1 N–H and O–H groups in total. The van der Waals surface area contributed by atoms with Crippen LogP contribution in [0.3, 0.4) is 0 Å². The fourth-order valence-electron chi connectivity index (χ4n) is 2.89. The van der Waals surface area contributed by atoms with Crippen LogP contribution in [-0.4, -0.2) is 18.2 Å². The van der Waals surface area contributed by atoms with Crippen molar-refractivity contribution in [3.05, 3.63) is 46.0 Å². The zero-order valence-electron chi connectivity index (χ0n) is 12.6. The number of nitrogens with one attached hydrogen (secondary N) is 1. The van der Waals surface area contributed by atoms with Gasteiger partial charge in [0.1, 0.15) is 5.82 Å². The van der Waals surface area contributed by atoms with Gasteiger partial charge >= 0.3 is 0 Å². The molecule has 5 nitrogen and oxygen atoms in total. The highest BCUT2D eigenvalue weighted by Gasteiger charge is 2.21. The largest absolute Gasteiger partial charge is 0.272 e. The zero-order valence-corrected chi connectivity index (χ0v) is 14.2. The number of hydrogen-bond donors (Lipinski definition) is 1. The summed E-state index contributed by atoms with van der Waals surface area (Å²) in [5, 5.41) is 4.20. The Kier molecular flexibility index (Phi) is 4.44. The molecule has 3 rings (SSSR count). The first-order chi connectivity index (χ1) is 10.9. The summed E-state index contributed by atoms with van der Waals surface area (Å²) in [7, 11) is -1.89.